The summed E-state index contributed by atoms with van der Waals surface area (Å²) in [6.07, 6.45) is 15.8. The van der Waals surface area contributed by atoms with Crippen LogP contribution in [-0.2, 0) is 9.53 Å². The van der Waals surface area contributed by atoms with Crippen LogP contribution in [0.15, 0.2) is 0 Å². The second-order valence-corrected chi connectivity index (χ2v) is 7.75. The van der Waals surface area contributed by atoms with Crippen molar-refractivity contribution in [1.29, 1.82) is 0 Å². The van der Waals surface area contributed by atoms with Crippen molar-refractivity contribution >= 4 is 5.97 Å². The van der Waals surface area contributed by atoms with Gasteiger partial charge in [-0.3, -0.25) is 9.28 Å². The van der Waals surface area contributed by atoms with Crippen LogP contribution in [0, 0.1) is 0 Å². The normalized spacial score (nSPS) is 12.5. The van der Waals surface area contributed by atoms with Crippen LogP contribution in [0.5, 0.6) is 0 Å². The van der Waals surface area contributed by atoms with E-state index in [1.54, 1.807) is 0 Å². The first-order valence-corrected chi connectivity index (χ1v) is 9.92. The van der Waals surface area contributed by atoms with Gasteiger partial charge in [0.05, 0.1) is 21.1 Å². The monoisotopic (exact) mass is 363 g/mol. The summed E-state index contributed by atoms with van der Waals surface area (Å²) in [6, 6.07) is 0. The molecule has 0 aromatic carbocycles. The molecule has 0 amide bonds. The number of hydrogen-bond acceptors (Lipinski definition) is 2. The highest BCUT2D eigenvalue weighted by Crippen LogP contribution is 2.14. The molecule has 0 aliphatic carbocycles. The molecule has 146 valence electrons. The van der Waals surface area contributed by atoms with Crippen LogP contribution in [-0.4, -0.2) is 37.8 Å². The molecule has 0 aliphatic heterocycles. The molecule has 0 aromatic heterocycles. The lowest BCUT2D eigenvalue weighted by molar-refractivity contribution is -0.917. The van der Waals surface area contributed by atoms with Gasteiger partial charge in [0, 0.05) is 12.8 Å². The molecule has 0 bridgehead atoms. The fraction of sp³-hybridized carbons (Fsp3) is 0.950. The van der Waals surface area contributed by atoms with Crippen molar-refractivity contribution in [3.63, 3.8) is 0 Å². The topological polar surface area (TPSA) is 26.3 Å². The van der Waals surface area contributed by atoms with E-state index in [0.717, 1.165) is 19.3 Å². The minimum absolute atomic E-state index is 0. The summed E-state index contributed by atoms with van der Waals surface area (Å²) in [5, 5.41) is 0. The first-order valence-electron chi connectivity index (χ1n) is 9.92. The van der Waals surface area contributed by atoms with Gasteiger partial charge >= 0.3 is 5.97 Å². The molecule has 0 rings (SSSR count). The molecule has 3 nitrogen and oxygen atoms in total. The van der Waals surface area contributed by atoms with Gasteiger partial charge < -0.3 is 17.1 Å². The lowest BCUT2D eigenvalue weighted by Gasteiger charge is -2.32. The van der Waals surface area contributed by atoms with Gasteiger partial charge in [-0.2, -0.15) is 0 Å². The van der Waals surface area contributed by atoms with Gasteiger partial charge in [0.25, 0.3) is 0 Å². The number of rotatable bonds is 15. The summed E-state index contributed by atoms with van der Waals surface area (Å²) < 4.78 is 6.27. The molecule has 4 heteroatoms. The number of hydrogen-bond donors (Lipinski definition) is 0. The summed E-state index contributed by atoms with van der Waals surface area (Å²) >= 11 is 0. The highest BCUT2D eigenvalue weighted by molar-refractivity contribution is 5.69. The molecule has 1 atom stereocenters. The number of quaternary nitrogens is 1. The smallest absolute Gasteiger partial charge is 0.310 e. The highest BCUT2D eigenvalue weighted by Gasteiger charge is 2.25. The summed E-state index contributed by atoms with van der Waals surface area (Å²) in [5.74, 6) is -0.0270. The van der Waals surface area contributed by atoms with E-state index in [4.69, 9.17) is 4.74 Å². The van der Waals surface area contributed by atoms with Gasteiger partial charge in [0.15, 0.2) is 0 Å². The van der Waals surface area contributed by atoms with Crippen molar-refractivity contribution in [2.24, 2.45) is 0 Å². The minimum Gasteiger partial charge on any atom is -1.00 e. The number of nitrogens with zero attached hydrogens (tertiary/aromatic N) is 1. The average Bonchev–Trinajstić information content (AvgIpc) is 2.49. The van der Waals surface area contributed by atoms with Crippen LogP contribution >= 0.6 is 0 Å². The Hall–Kier alpha value is -0.280. The number of esters is 1. The Morgan fingerprint density at radius 3 is 1.58 bits per heavy atom. The summed E-state index contributed by atoms with van der Waals surface area (Å²) in [6.45, 7) is 4.34. The molecule has 0 aliphatic rings. The predicted octanol–water partition coefficient (Wildman–Crippen LogP) is 2.68. The summed E-state index contributed by atoms with van der Waals surface area (Å²) in [4.78, 5) is 11.9. The zero-order valence-corrected chi connectivity index (χ0v) is 17.7. The fourth-order valence-corrected chi connectivity index (χ4v) is 2.93. The van der Waals surface area contributed by atoms with Crippen LogP contribution in [0.2, 0.25) is 0 Å². The maximum atomic E-state index is 11.9. The lowest BCUT2D eigenvalue weighted by atomic mass is 10.1. The molecule has 0 saturated heterocycles. The van der Waals surface area contributed by atoms with Gasteiger partial charge in [0.1, 0.15) is 0 Å². The fourth-order valence-electron chi connectivity index (χ4n) is 2.93. The maximum absolute atomic E-state index is 11.9. The molecular formula is C20H42ClNO2. The van der Waals surface area contributed by atoms with E-state index in [-0.39, 0.29) is 24.6 Å². The first-order chi connectivity index (χ1) is 10.9. The lowest BCUT2D eigenvalue weighted by Crippen LogP contribution is -3.00. The Morgan fingerprint density at radius 1 is 0.792 bits per heavy atom. The molecule has 0 heterocycles. The third kappa shape index (κ3) is 15.3. The Kier molecular flexibility index (Phi) is 17.5. The molecule has 0 N–H and O–H groups in total. The van der Waals surface area contributed by atoms with E-state index in [2.05, 4.69) is 35.0 Å². The molecular weight excluding hydrogens is 322 g/mol. The summed E-state index contributed by atoms with van der Waals surface area (Å²) in [7, 11) is 6.22. The maximum Gasteiger partial charge on any atom is 0.310 e. The Bertz CT molecular complexity index is 290. The third-order valence-corrected chi connectivity index (χ3v) is 4.47. The zero-order chi connectivity index (χ0) is 17.6. The SMILES string of the molecule is CCCCCCCCCCCCCC(=O)OC(CC)[N+](C)(C)C.[Cl-]. The standard InChI is InChI=1S/C20H42NO2.ClH/c1-6-8-9-10-11-12-13-14-15-16-17-18-20(22)23-19(7-2)21(3,4)5;/h19H,6-18H2,1-5H3;1H/q+1;/p-1. The van der Waals surface area contributed by atoms with Crippen LogP contribution in [0.3, 0.4) is 0 Å². The molecule has 0 spiro atoms. The average molecular weight is 364 g/mol. The number of carbonyl (C=O) groups is 1. The Morgan fingerprint density at radius 2 is 1.21 bits per heavy atom. The van der Waals surface area contributed by atoms with Crippen LogP contribution in [0.1, 0.15) is 97.3 Å². The Labute approximate surface area is 157 Å². The Balaban J connectivity index is 0. The quantitative estimate of drug-likeness (QED) is 0.193. The minimum atomic E-state index is -0.0270. The number of carbonyl (C=O) groups excluding carboxylic acids is 1. The van der Waals surface area contributed by atoms with E-state index in [0.29, 0.717) is 10.9 Å². The van der Waals surface area contributed by atoms with Crippen LogP contribution in [0.4, 0.5) is 0 Å². The van der Waals surface area contributed by atoms with E-state index >= 15 is 0 Å². The van der Waals surface area contributed by atoms with Gasteiger partial charge in [-0.05, 0) is 6.42 Å². The van der Waals surface area contributed by atoms with Crippen molar-refractivity contribution in [2.75, 3.05) is 21.1 Å². The van der Waals surface area contributed by atoms with Crippen molar-refractivity contribution in [3.05, 3.63) is 0 Å². The molecule has 0 fully saturated rings. The molecule has 0 radical (unpaired) electrons. The number of halogens is 1. The van der Waals surface area contributed by atoms with Crippen molar-refractivity contribution in [2.45, 2.75) is 104 Å². The first kappa shape index (κ1) is 26.0. The second-order valence-electron chi connectivity index (χ2n) is 7.75. The van der Waals surface area contributed by atoms with Crippen molar-refractivity contribution < 1.29 is 26.4 Å². The molecule has 1 unspecified atom stereocenters. The van der Waals surface area contributed by atoms with E-state index < -0.39 is 0 Å². The van der Waals surface area contributed by atoms with Gasteiger partial charge in [-0.1, -0.05) is 78.1 Å². The second kappa shape index (κ2) is 16.2. The molecule has 0 saturated carbocycles. The number of ether oxygens (including phenoxy) is 1. The van der Waals surface area contributed by atoms with Gasteiger partial charge in [-0.25, -0.2) is 0 Å². The van der Waals surface area contributed by atoms with Gasteiger partial charge in [-0.15, -0.1) is 0 Å². The zero-order valence-electron chi connectivity index (χ0n) is 16.9. The van der Waals surface area contributed by atoms with Crippen LogP contribution < -0.4 is 12.4 Å². The van der Waals surface area contributed by atoms with E-state index in [1.807, 2.05) is 0 Å². The predicted molar refractivity (Wildman–Crippen MR) is 99.3 cm³/mol. The molecule has 0 aromatic rings. The van der Waals surface area contributed by atoms with E-state index in [1.165, 1.54) is 57.8 Å². The summed E-state index contributed by atoms with van der Waals surface area (Å²) in [5.41, 5.74) is 0. The molecule has 24 heavy (non-hydrogen) atoms. The van der Waals surface area contributed by atoms with Crippen molar-refractivity contribution in [3.8, 4) is 0 Å². The number of unbranched alkanes of at least 4 members (excludes halogenated alkanes) is 10. The highest BCUT2D eigenvalue weighted by atomic mass is 35.5. The van der Waals surface area contributed by atoms with Crippen LogP contribution in [0.25, 0.3) is 0 Å². The van der Waals surface area contributed by atoms with Crippen molar-refractivity contribution in [1.82, 2.24) is 0 Å². The largest absolute Gasteiger partial charge is 1.00 e. The van der Waals surface area contributed by atoms with Gasteiger partial charge in [0.2, 0.25) is 6.23 Å². The third-order valence-electron chi connectivity index (χ3n) is 4.47. The van der Waals surface area contributed by atoms with E-state index in [9.17, 15) is 4.79 Å².